The molecule has 16 heteroatoms. The Morgan fingerprint density at radius 3 is 1.46 bits per heavy atom. The summed E-state index contributed by atoms with van der Waals surface area (Å²) in [5, 5.41) is 19.8. The zero-order valence-electron chi connectivity index (χ0n) is 13.1. The Morgan fingerprint density at radius 1 is 0.769 bits per heavy atom. The van der Waals surface area contributed by atoms with Crippen LogP contribution in [0.3, 0.4) is 0 Å². The standard InChI is InChI=1S/C10H16B2O12P2/c11-9-5(13)7-3(21-9)1-19-25(15,16)24-8-4(22-10(12)6(8)14)2-20-26(17,18)23-7/h3-10,13-14H,1-2H2,(H,15,16)(H,17,18). The van der Waals surface area contributed by atoms with Crippen molar-refractivity contribution >= 4 is 31.3 Å². The van der Waals surface area contributed by atoms with Gasteiger partial charge in [0, 0.05) is 12.0 Å². The third-order valence-electron chi connectivity index (χ3n) is 4.06. The van der Waals surface area contributed by atoms with Crippen molar-refractivity contribution in [3.8, 4) is 0 Å². The summed E-state index contributed by atoms with van der Waals surface area (Å²) in [6.45, 7) is -1.35. The van der Waals surface area contributed by atoms with E-state index in [0.29, 0.717) is 0 Å². The molecule has 4 radical (unpaired) electrons. The molecule has 0 aromatic rings. The predicted molar refractivity (Wildman–Crippen MR) is 82.1 cm³/mol. The van der Waals surface area contributed by atoms with Crippen molar-refractivity contribution < 1.29 is 56.7 Å². The molecule has 3 heterocycles. The Kier molecular flexibility index (Phi) is 6.07. The summed E-state index contributed by atoms with van der Waals surface area (Å²) in [5.74, 6) is 0. The first-order chi connectivity index (χ1) is 12.0. The van der Waals surface area contributed by atoms with Gasteiger partial charge in [0.15, 0.2) is 0 Å². The lowest BCUT2D eigenvalue weighted by molar-refractivity contribution is -0.0489. The fraction of sp³-hybridized carbons (Fsp3) is 1.00. The number of rotatable bonds is 0. The maximum absolute atomic E-state index is 12.1. The molecule has 0 bridgehead atoms. The first-order valence-corrected chi connectivity index (χ1v) is 10.5. The molecule has 0 aliphatic carbocycles. The van der Waals surface area contributed by atoms with Gasteiger partial charge in [-0.1, -0.05) is 0 Å². The summed E-state index contributed by atoms with van der Waals surface area (Å²) < 4.78 is 53.7. The second-order valence-electron chi connectivity index (χ2n) is 5.93. The van der Waals surface area contributed by atoms with Crippen LogP contribution in [0.1, 0.15) is 0 Å². The summed E-state index contributed by atoms with van der Waals surface area (Å²) in [6, 6.07) is -2.58. The van der Waals surface area contributed by atoms with Crippen LogP contribution in [0.4, 0.5) is 0 Å². The monoisotopic (exact) mass is 412 g/mol. The van der Waals surface area contributed by atoms with Crippen LogP contribution in [0, 0.1) is 0 Å². The summed E-state index contributed by atoms with van der Waals surface area (Å²) in [5.41, 5.74) is 0. The minimum atomic E-state index is -4.73. The maximum Gasteiger partial charge on any atom is 0.472 e. The third-order valence-corrected chi connectivity index (χ3v) is 6.03. The van der Waals surface area contributed by atoms with E-state index in [1.54, 1.807) is 0 Å². The van der Waals surface area contributed by atoms with E-state index in [-0.39, 0.29) is 0 Å². The fourth-order valence-corrected chi connectivity index (χ4v) is 4.69. The molecule has 3 aliphatic heterocycles. The van der Waals surface area contributed by atoms with Gasteiger partial charge in [-0.25, -0.2) is 9.13 Å². The maximum atomic E-state index is 12.1. The lowest BCUT2D eigenvalue weighted by atomic mass is 9.93. The van der Waals surface area contributed by atoms with E-state index in [9.17, 15) is 29.1 Å². The number of phosphoric acid groups is 2. The van der Waals surface area contributed by atoms with E-state index >= 15 is 0 Å². The summed E-state index contributed by atoms with van der Waals surface area (Å²) >= 11 is 0. The molecule has 4 N–H and O–H groups in total. The van der Waals surface area contributed by atoms with Crippen molar-refractivity contribution in [1.29, 1.82) is 0 Å². The molecule has 144 valence electrons. The fourth-order valence-electron chi connectivity index (χ4n) is 2.77. The largest absolute Gasteiger partial charge is 0.472 e. The molecule has 3 saturated heterocycles. The number of aliphatic hydroxyl groups is 2. The number of hydrogen-bond acceptors (Lipinski definition) is 10. The summed E-state index contributed by atoms with van der Waals surface area (Å²) in [4.78, 5) is 19.7. The Bertz CT molecular complexity index is 571. The topological polar surface area (TPSA) is 170 Å². The van der Waals surface area contributed by atoms with E-state index in [4.69, 9.17) is 43.3 Å². The predicted octanol–water partition coefficient (Wildman–Crippen LogP) is -2.49. The molecule has 0 aromatic heterocycles. The summed E-state index contributed by atoms with van der Waals surface area (Å²) in [6.07, 6.45) is -8.55. The molecule has 0 spiro atoms. The molecule has 3 rings (SSSR count). The molecule has 10 unspecified atom stereocenters. The van der Waals surface area contributed by atoms with Crippen LogP contribution < -0.4 is 0 Å². The van der Waals surface area contributed by atoms with Crippen LogP contribution in [0.15, 0.2) is 0 Å². The van der Waals surface area contributed by atoms with Crippen molar-refractivity contribution in [2.45, 2.75) is 48.6 Å². The Morgan fingerprint density at radius 2 is 1.12 bits per heavy atom. The number of ether oxygens (including phenoxy) is 2. The highest BCUT2D eigenvalue weighted by molar-refractivity contribution is 7.47. The Balaban J connectivity index is 1.85. The lowest BCUT2D eigenvalue weighted by Crippen LogP contribution is -2.39. The molecule has 10 atom stereocenters. The third kappa shape index (κ3) is 4.43. The van der Waals surface area contributed by atoms with Crippen LogP contribution in [-0.4, -0.2) is 97.5 Å². The normalized spacial score (nSPS) is 56.2. The highest BCUT2D eigenvalue weighted by atomic mass is 31.2. The van der Waals surface area contributed by atoms with Crippen LogP contribution in [-0.2, 0) is 36.7 Å². The van der Waals surface area contributed by atoms with Gasteiger partial charge >= 0.3 is 15.6 Å². The number of fused-ring (bicyclic) bond motifs is 2. The van der Waals surface area contributed by atoms with Gasteiger partial charge < -0.3 is 29.5 Å². The molecule has 3 fully saturated rings. The minimum Gasteiger partial charge on any atom is -0.388 e. The molecule has 0 saturated carbocycles. The minimum absolute atomic E-state index is 0.677. The number of aliphatic hydroxyl groups excluding tert-OH is 2. The van der Waals surface area contributed by atoms with Crippen LogP contribution >= 0.6 is 15.6 Å². The van der Waals surface area contributed by atoms with E-state index < -0.39 is 77.5 Å². The van der Waals surface area contributed by atoms with Crippen molar-refractivity contribution in [2.75, 3.05) is 13.2 Å². The smallest absolute Gasteiger partial charge is 0.388 e. The Labute approximate surface area is 150 Å². The first-order valence-electron chi connectivity index (χ1n) is 7.49. The van der Waals surface area contributed by atoms with E-state index in [2.05, 4.69) is 0 Å². The molecular weight excluding hydrogens is 396 g/mol. The number of hydrogen-bond donors (Lipinski definition) is 4. The number of phosphoric ester groups is 2. The molecule has 26 heavy (non-hydrogen) atoms. The van der Waals surface area contributed by atoms with Gasteiger partial charge in [0.1, 0.15) is 52.3 Å². The zero-order chi connectivity index (χ0) is 19.3. The highest BCUT2D eigenvalue weighted by Gasteiger charge is 2.50. The van der Waals surface area contributed by atoms with Gasteiger partial charge in [-0.3, -0.25) is 18.1 Å². The van der Waals surface area contributed by atoms with E-state index in [1.165, 1.54) is 0 Å². The highest BCUT2D eigenvalue weighted by Crippen LogP contribution is 2.51. The zero-order valence-corrected chi connectivity index (χ0v) is 14.9. The quantitative estimate of drug-likeness (QED) is 0.244. The molecular formula is C10H16B2O12P2. The van der Waals surface area contributed by atoms with E-state index in [0.717, 1.165) is 0 Å². The van der Waals surface area contributed by atoms with Crippen LogP contribution in [0.25, 0.3) is 0 Å². The van der Waals surface area contributed by atoms with Crippen molar-refractivity contribution in [2.24, 2.45) is 0 Å². The van der Waals surface area contributed by atoms with Gasteiger partial charge in [-0.15, -0.1) is 0 Å². The van der Waals surface area contributed by atoms with Gasteiger partial charge in [-0.05, 0) is 0 Å². The molecule has 0 amide bonds. The van der Waals surface area contributed by atoms with E-state index in [1.807, 2.05) is 0 Å². The first kappa shape index (κ1) is 20.9. The van der Waals surface area contributed by atoms with Crippen LogP contribution in [0.5, 0.6) is 0 Å². The average molecular weight is 412 g/mol. The van der Waals surface area contributed by atoms with Crippen molar-refractivity contribution in [1.82, 2.24) is 0 Å². The van der Waals surface area contributed by atoms with Gasteiger partial charge in [0.25, 0.3) is 0 Å². The van der Waals surface area contributed by atoms with Crippen molar-refractivity contribution in [3.63, 3.8) is 0 Å². The summed E-state index contributed by atoms with van der Waals surface area (Å²) in [7, 11) is 1.52. The average Bonchev–Trinajstić information content (AvgIpc) is 2.95. The van der Waals surface area contributed by atoms with Gasteiger partial charge in [0.2, 0.25) is 0 Å². The lowest BCUT2D eigenvalue weighted by Gasteiger charge is -2.28. The molecule has 0 aromatic carbocycles. The SMILES string of the molecule is [B]C1OC2COP(=O)(O)OC3C(COP(=O)(O)OC2C1O)OC([B])C3O. The van der Waals surface area contributed by atoms with Crippen LogP contribution in [0.2, 0.25) is 0 Å². The second-order valence-corrected chi connectivity index (χ2v) is 8.74. The molecule has 3 aliphatic rings. The van der Waals surface area contributed by atoms with Gasteiger partial charge in [0.05, 0.1) is 13.2 Å². The molecule has 12 nitrogen and oxygen atoms in total. The Hall–Kier alpha value is 0.190. The second kappa shape index (κ2) is 7.55. The van der Waals surface area contributed by atoms with Crippen molar-refractivity contribution in [3.05, 3.63) is 0 Å². The van der Waals surface area contributed by atoms with Gasteiger partial charge in [-0.2, -0.15) is 0 Å².